The molecule has 1 N–H and O–H groups in total. The fourth-order valence-corrected chi connectivity index (χ4v) is 1.91. The summed E-state index contributed by atoms with van der Waals surface area (Å²) in [6.07, 6.45) is 3.07. The molecule has 0 fully saturated rings. The lowest BCUT2D eigenvalue weighted by atomic mass is 10.1. The first-order valence-corrected chi connectivity index (χ1v) is 6.45. The minimum absolute atomic E-state index is 0.0574. The van der Waals surface area contributed by atoms with Crippen molar-refractivity contribution in [3.8, 4) is 0 Å². The van der Waals surface area contributed by atoms with Crippen LogP contribution in [0.25, 0.3) is 0 Å². The second kappa shape index (κ2) is 6.30. The largest absolute Gasteiger partial charge is 0.381 e. The van der Waals surface area contributed by atoms with Crippen LogP contribution in [0.5, 0.6) is 0 Å². The minimum atomic E-state index is -0.792. The van der Waals surface area contributed by atoms with Gasteiger partial charge in [-0.05, 0) is 31.2 Å². The third kappa shape index (κ3) is 3.16. The van der Waals surface area contributed by atoms with E-state index in [0.717, 1.165) is 12.1 Å². The Kier molecular flexibility index (Phi) is 4.47. The molecule has 0 bridgehead atoms. The number of anilines is 2. The van der Waals surface area contributed by atoms with Crippen molar-refractivity contribution in [2.45, 2.75) is 6.92 Å². The van der Waals surface area contributed by atoms with Crippen LogP contribution in [0.4, 0.5) is 20.2 Å². The third-order valence-electron chi connectivity index (χ3n) is 2.98. The van der Waals surface area contributed by atoms with Gasteiger partial charge < -0.3 is 10.2 Å². The number of amides is 1. The van der Waals surface area contributed by atoms with Crippen molar-refractivity contribution in [1.29, 1.82) is 0 Å². The van der Waals surface area contributed by atoms with Gasteiger partial charge in [0.1, 0.15) is 17.3 Å². The zero-order valence-electron chi connectivity index (χ0n) is 11.7. The SMILES string of the molecule is CCNc1c(F)cc(C(=O)N(C)c2cccnc2)cc1F. The van der Waals surface area contributed by atoms with Crippen LogP contribution < -0.4 is 10.2 Å². The second-order valence-electron chi connectivity index (χ2n) is 4.42. The summed E-state index contributed by atoms with van der Waals surface area (Å²) in [5, 5.41) is 2.59. The first-order valence-electron chi connectivity index (χ1n) is 6.45. The number of pyridine rings is 1. The summed E-state index contributed by atoms with van der Waals surface area (Å²) in [5.74, 6) is -2.09. The van der Waals surface area contributed by atoms with E-state index in [1.807, 2.05) is 0 Å². The summed E-state index contributed by atoms with van der Waals surface area (Å²) in [5.41, 5.74) is 0.259. The maximum atomic E-state index is 13.8. The highest BCUT2D eigenvalue weighted by Gasteiger charge is 2.18. The second-order valence-corrected chi connectivity index (χ2v) is 4.42. The number of nitrogens with one attached hydrogen (secondary N) is 1. The Morgan fingerprint density at radius 2 is 2.00 bits per heavy atom. The van der Waals surface area contributed by atoms with Gasteiger partial charge in [0.15, 0.2) is 0 Å². The van der Waals surface area contributed by atoms with E-state index >= 15 is 0 Å². The summed E-state index contributed by atoms with van der Waals surface area (Å²) in [6.45, 7) is 2.12. The maximum absolute atomic E-state index is 13.8. The highest BCUT2D eigenvalue weighted by Crippen LogP contribution is 2.22. The van der Waals surface area contributed by atoms with Crippen LogP contribution in [0.3, 0.4) is 0 Å². The smallest absolute Gasteiger partial charge is 0.258 e. The summed E-state index contributed by atoms with van der Waals surface area (Å²) in [6, 6.07) is 5.41. The fourth-order valence-electron chi connectivity index (χ4n) is 1.91. The van der Waals surface area contributed by atoms with Crippen LogP contribution in [0.15, 0.2) is 36.7 Å². The van der Waals surface area contributed by atoms with Crippen molar-refractivity contribution < 1.29 is 13.6 Å². The van der Waals surface area contributed by atoms with Gasteiger partial charge in [0.2, 0.25) is 0 Å². The van der Waals surface area contributed by atoms with Crippen LogP contribution >= 0.6 is 0 Å². The maximum Gasteiger partial charge on any atom is 0.258 e. The van der Waals surface area contributed by atoms with E-state index in [0.29, 0.717) is 12.2 Å². The molecule has 1 amide bonds. The number of aromatic nitrogens is 1. The predicted octanol–water partition coefficient (Wildman–Crippen LogP) is 3.07. The summed E-state index contributed by atoms with van der Waals surface area (Å²) in [4.78, 5) is 17.5. The standard InChI is InChI=1S/C15H15F2N3O/c1-3-19-14-12(16)7-10(8-13(14)17)15(21)20(2)11-5-4-6-18-9-11/h4-9,19H,3H2,1-2H3. The molecule has 0 spiro atoms. The first kappa shape index (κ1) is 14.9. The molecule has 4 nitrogen and oxygen atoms in total. The van der Waals surface area contributed by atoms with Gasteiger partial charge in [0, 0.05) is 25.4 Å². The number of hydrogen-bond acceptors (Lipinski definition) is 3. The average Bonchev–Trinajstić information content (AvgIpc) is 2.50. The van der Waals surface area contributed by atoms with Crippen LogP contribution in [0.1, 0.15) is 17.3 Å². The molecule has 2 aromatic rings. The summed E-state index contributed by atoms with van der Waals surface area (Å²) in [7, 11) is 1.52. The predicted molar refractivity (Wildman–Crippen MR) is 77.5 cm³/mol. The quantitative estimate of drug-likeness (QED) is 0.941. The molecule has 0 saturated heterocycles. The molecule has 0 radical (unpaired) electrons. The first-order chi connectivity index (χ1) is 10.0. The number of rotatable bonds is 4. The summed E-state index contributed by atoms with van der Waals surface area (Å²) >= 11 is 0. The molecule has 1 aromatic carbocycles. The van der Waals surface area contributed by atoms with Gasteiger partial charge >= 0.3 is 0 Å². The number of halogens is 2. The highest BCUT2D eigenvalue weighted by molar-refractivity contribution is 6.05. The van der Waals surface area contributed by atoms with Crippen LogP contribution in [0.2, 0.25) is 0 Å². The minimum Gasteiger partial charge on any atom is -0.381 e. The molecule has 1 aromatic heterocycles. The zero-order chi connectivity index (χ0) is 15.4. The van der Waals surface area contributed by atoms with Crippen molar-refractivity contribution in [1.82, 2.24) is 4.98 Å². The zero-order valence-corrected chi connectivity index (χ0v) is 11.7. The molecule has 0 aliphatic heterocycles. The molecule has 0 atom stereocenters. The highest BCUT2D eigenvalue weighted by atomic mass is 19.1. The molecule has 0 aliphatic carbocycles. The molecule has 21 heavy (non-hydrogen) atoms. The number of nitrogens with zero attached hydrogens (tertiary/aromatic N) is 2. The van der Waals surface area contributed by atoms with E-state index in [-0.39, 0.29) is 11.3 Å². The van der Waals surface area contributed by atoms with Crippen molar-refractivity contribution in [3.63, 3.8) is 0 Å². The number of carbonyl (C=O) groups excluding carboxylic acids is 1. The van der Waals surface area contributed by atoms with E-state index in [1.54, 1.807) is 25.3 Å². The molecule has 0 unspecified atom stereocenters. The Labute approximate surface area is 121 Å². The molecule has 1 heterocycles. The monoisotopic (exact) mass is 291 g/mol. The van der Waals surface area contributed by atoms with Gasteiger partial charge in [-0.3, -0.25) is 9.78 Å². The number of benzene rings is 1. The van der Waals surface area contributed by atoms with E-state index < -0.39 is 17.5 Å². The van der Waals surface area contributed by atoms with E-state index in [4.69, 9.17) is 0 Å². The molecule has 0 saturated carbocycles. The third-order valence-corrected chi connectivity index (χ3v) is 2.98. The van der Waals surface area contributed by atoms with Gasteiger partial charge in [0.25, 0.3) is 5.91 Å². The average molecular weight is 291 g/mol. The molecule has 110 valence electrons. The van der Waals surface area contributed by atoms with Gasteiger partial charge in [0.05, 0.1) is 11.9 Å². The lowest BCUT2D eigenvalue weighted by Crippen LogP contribution is -2.26. The summed E-state index contributed by atoms with van der Waals surface area (Å²) < 4.78 is 27.7. The normalized spacial score (nSPS) is 10.3. The van der Waals surface area contributed by atoms with Crippen molar-refractivity contribution in [2.24, 2.45) is 0 Å². The Morgan fingerprint density at radius 3 is 2.52 bits per heavy atom. The van der Waals surface area contributed by atoms with Gasteiger partial charge in [-0.25, -0.2) is 8.78 Å². The van der Waals surface area contributed by atoms with Crippen molar-refractivity contribution >= 4 is 17.3 Å². The molecular weight excluding hydrogens is 276 g/mol. The van der Waals surface area contributed by atoms with Gasteiger partial charge in [-0.2, -0.15) is 0 Å². The van der Waals surface area contributed by atoms with Crippen molar-refractivity contribution in [2.75, 3.05) is 23.8 Å². The van der Waals surface area contributed by atoms with Gasteiger partial charge in [-0.15, -0.1) is 0 Å². The van der Waals surface area contributed by atoms with Crippen LogP contribution in [-0.4, -0.2) is 24.5 Å². The van der Waals surface area contributed by atoms with E-state index in [1.165, 1.54) is 18.1 Å². The number of hydrogen-bond donors (Lipinski definition) is 1. The Morgan fingerprint density at radius 1 is 1.33 bits per heavy atom. The van der Waals surface area contributed by atoms with Gasteiger partial charge in [-0.1, -0.05) is 0 Å². The lowest BCUT2D eigenvalue weighted by molar-refractivity contribution is 0.0992. The Hall–Kier alpha value is -2.50. The lowest BCUT2D eigenvalue weighted by Gasteiger charge is -2.17. The molecule has 2 rings (SSSR count). The molecular formula is C15H15F2N3O. The van der Waals surface area contributed by atoms with Crippen LogP contribution in [-0.2, 0) is 0 Å². The topological polar surface area (TPSA) is 45.2 Å². The fraction of sp³-hybridized carbons (Fsp3) is 0.200. The number of carbonyl (C=O) groups is 1. The molecule has 0 aliphatic rings. The van der Waals surface area contributed by atoms with Crippen molar-refractivity contribution in [3.05, 3.63) is 53.9 Å². The van der Waals surface area contributed by atoms with Crippen LogP contribution in [0, 0.1) is 11.6 Å². The van der Waals surface area contributed by atoms with E-state index in [2.05, 4.69) is 10.3 Å². The Balaban J connectivity index is 2.32. The Bertz CT molecular complexity index is 624. The van der Waals surface area contributed by atoms with E-state index in [9.17, 15) is 13.6 Å². The molecule has 6 heteroatoms.